The van der Waals surface area contributed by atoms with Gasteiger partial charge in [0, 0.05) is 17.9 Å². The number of alkyl halides is 3. The molecule has 0 spiro atoms. The Hall–Kier alpha value is -2.46. The minimum Gasteiger partial charge on any atom is -0.399 e. The second-order valence-corrected chi connectivity index (χ2v) is 7.45. The highest BCUT2D eigenvalue weighted by molar-refractivity contribution is 6.62. The highest BCUT2D eigenvalue weighted by Crippen LogP contribution is 2.36. The molecule has 0 unspecified atom stereocenters. The van der Waals surface area contributed by atoms with Crippen LogP contribution >= 0.6 is 0 Å². The van der Waals surface area contributed by atoms with E-state index in [-0.39, 0.29) is 11.5 Å². The summed E-state index contributed by atoms with van der Waals surface area (Å²) in [5.74, 6) is -0.885. The summed E-state index contributed by atoms with van der Waals surface area (Å²) in [6.45, 7) is 7.68. The number of hydrogen-bond acceptors (Lipinski definition) is 5. The Balaban J connectivity index is 1.71. The van der Waals surface area contributed by atoms with Crippen LogP contribution in [0.5, 0.6) is 0 Å². The van der Waals surface area contributed by atoms with Gasteiger partial charge in [0.1, 0.15) is 11.5 Å². The molecule has 3 heterocycles. The van der Waals surface area contributed by atoms with Crippen LogP contribution in [0.2, 0.25) is 0 Å². The quantitative estimate of drug-likeness (QED) is 0.812. The summed E-state index contributed by atoms with van der Waals surface area (Å²) in [4.78, 5) is 20.1. The van der Waals surface area contributed by atoms with Crippen LogP contribution < -0.4 is 10.8 Å². The number of anilines is 1. The smallest absolute Gasteiger partial charge is 0.399 e. The summed E-state index contributed by atoms with van der Waals surface area (Å²) in [7, 11) is -0.625. The zero-order chi connectivity index (χ0) is 20.7. The monoisotopic (exact) mass is 393 g/mol. The molecule has 2 aromatic heterocycles. The van der Waals surface area contributed by atoms with Crippen molar-refractivity contribution >= 4 is 24.3 Å². The molecule has 148 valence electrons. The molecule has 0 saturated carbocycles. The summed E-state index contributed by atoms with van der Waals surface area (Å²) >= 11 is 0. The van der Waals surface area contributed by atoms with Crippen LogP contribution in [0.4, 0.5) is 19.0 Å². The molecule has 0 radical (unpaired) electrons. The van der Waals surface area contributed by atoms with Crippen LogP contribution in [0.25, 0.3) is 0 Å². The van der Waals surface area contributed by atoms with Crippen molar-refractivity contribution in [1.29, 1.82) is 0 Å². The molecule has 1 amide bonds. The number of pyridine rings is 2. The first-order valence-electron chi connectivity index (χ1n) is 8.55. The molecule has 0 aromatic carbocycles. The molecule has 3 rings (SSSR count). The van der Waals surface area contributed by atoms with Crippen LogP contribution in [-0.2, 0) is 15.5 Å². The SMILES string of the molecule is CC1(C)OB(c2ccc(C(=O)Nc3cc(C(F)(F)F)ccn3)nc2)OC1(C)C. The van der Waals surface area contributed by atoms with Gasteiger partial charge in [0.2, 0.25) is 0 Å². The fraction of sp³-hybridized carbons (Fsp3) is 0.389. The van der Waals surface area contributed by atoms with E-state index in [0.29, 0.717) is 5.46 Å². The van der Waals surface area contributed by atoms with Gasteiger partial charge in [-0.05, 0) is 45.9 Å². The number of nitrogens with zero attached hydrogens (tertiary/aromatic N) is 2. The van der Waals surface area contributed by atoms with Crippen LogP contribution in [0, 0.1) is 0 Å². The summed E-state index contributed by atoms with van der Waals surface area (Å²) in [6, 6.07) is 4.66. The summed E-state index contributed by atoms with van der Waals surface area (Å²) < 4.78 is 50.1. The van der Waals surface area contributed by atoms with Gasteiger partial charge in [-0.3, -0.25) is 9.78 Å². The van der Waals surface area contributed by atoms with Crippen molar-refractivity contribution in [2.24, 2.45) is 0 Å². The van der Waals surface area contributed by atoms with Crippen molar-refractivity contribution in [3.63, 3.8) is 0 Å². The molecular formula is C18H19BF3N3O3. The van der Waals surface area contributed by atoms with E-state index in [4.69, 9.17) is 9.31 Å². The minimum absolute atomic E-state index is 0.0273. The van der Waals surface area contributed by atoms with Gasteiger partial charge in [-0.25, -0.2) is 4.98 Å². The summed E-state index contributed by atoms with van der Waals surface area (Å²) in [5.41, 5.74) is -1.26. The predicted octanol–water partition coefficient (Wildman–Crippen LogP) is 3.05. The third-order valence-corrected chi connectivity index (χ3v) is 4.87. The molecule has 10 heteroatoms. The maximum Gasteiger partial charge on any atom is 0.496 e. The fourth-order valence-corrected chi connectivity index (χ4v) is 2.51. The van der Waals surface area contributed by atoms with Gasteiger partial charge in [-0.2, -0.15) is 13.2 Å². The molecule has 1 fully saturated rings. The van der Waals surface area contributed by atoms with Gasteiger partial charge >= 0.3 is 13.3 Å². The van der Waals surface area contributed by atoms with Crippen molar-refractivity contribution in [1.82, 2.24) is 9.97 Å². The molecule has 1 saturated heterocycles. The van der Waals surface area contributed by atoms with E-state index >= 15 is 0 Å². The molecule has 2 aromatic rings. The molecule has 1 N–H and O–H groups in total. The Labute approximate surface area is 160 Å². The fourth-order valence-electron chi connectivity index (χ4n) is 2.51. The minimum atomic E-state index is -4.52. The first kappa shape index (κ1) is 20.3. The number of rotatable bonds is 3. The van der Waals surface area contributed by atoms with Gasteiger partial charge in [-0.1, -0.05) is 6.07 Å². The van der Waals surface area contributed by atoms with E-state index < -0.39 is 36.0 Å². The standard InChI is InChI=1S/C18H19BF3N3O3/c1-16(2)17(3,4)28-19(27-16)12-5-6-13(24-10-12)15(26)25-14-9-11(7-8-23-14)18(20,21)22/h5-10H,1-4H3,(H,23,25,26). The molecule has 6 nitrogen and oxygen atoms in total. The number of halogens is 3. The Kier molecular flexibility index (Phi) is 4.97. The zero-order valence-corrected chi connectivity index (χ0v) is 15.8. The Morgan fingerprint density at radius 3 is 2.25 bits per heavy atom. The van der Waals surface area contributed by atoms with Gasteiger partial charge < -0.3 is 14.6 Å². The van der Waals surface area contributed by atoms with Crippen molar-refractivity contribution in [2.45, 2.75) is 45.1 Å². The van der Waals surface area contributed by atoms with Gasteiger partial charge in [0.25, 0.3) is 5.91 Å². The Morgan fingerprint density at radius 1 is 1.07 bits per heavy atom. The lowest BCUT2D eigenvalue weighted by Crippen LogP contribution is -2.41. The highest BCUT2D eigenvalue weighted by Gasteiger charge is 2.51. The van der Waals surface area contributed by atoms with Crippen LogP contribution in [0.15, 0.2) is 36.7 Å². The average Bonchev–Trinajstić information content (AvgIpc) is 2.82. The number of nitrogens with one attached hydrogen (secondary N) is 1. The van der Waals surface area contributed by atoms with Gasteiger partial charge in [0.05, 0.1) is 16.8 Å². The number of amides is 1. The number of aromatic nitrogens is 2. The third kappa shape index (κ3) is 4.02. The lowest BCUT2D eigenvalue weighted by molar-refractivity contribution is -0.137. The van der Waals surface area contributed by atoms with E-state index in [9.17, 15) is 18.0 Å². The van der Waals surface area contributed by atoms with E-state index in [1.54, 1.807) is 6.07 Å². The largest absolute Gasteiger partial charge is 0.496 e. The Bertz CT molecular complexity index is 870. The van der Waals surface area contributed by atoms with Crippen molar-refractivity contribution in [2.75, 3.05) is 5.32 Å². The predicted molar refractivity (Wildman–Crippen MR) is 97.1 cm³/mol. The first-order valence-corrected chi connectivity index (χ1v) is 8.55. The molecule has 1 aliphatic heterocycles. The Morgan fingerprint density at radius 2 is 1.71 bits per heavy atom. The van der Waals surface area contributed by atoms with E-state index in [1.807, 2.05) is 27.7 Å². The molecule has 28 heavy (non-hydrogen) atoms. The van der Waals surface area contributed by atoms with E-state index in [1.165, 1.54) is 12.3 Å². The number of carbonyl (C=O) groups excluding carboxylic acids is 1. The molecule has 0 atom stereocenters. The van der Waals surface area contributed by atoms with E-state index in [2.05, 4.69) is 15.3 Å². The lowest BCUT2D eigenvalue weighted by atomic mass is 9.80. The van der Waals surface area contributed by atoms with Crippen molar-refractivity contribution in [3.05, 3.63) is 47.9 Å². The maximum absolute atomic E-state index is 12.8. The molecular weight excluding hydrogens is 374 g/mol. The second-order valence-electron chi connectivity index (χ2n) is 7.45. The van der Waals surface area contributed by atoms with Crippen LogP contribution in [0.3, 0.4) is 0 Å². The summed E-state index contributed by atoms with van der Waals surface area (Å²) in [5, 5.41) is 2.31. The molecule has 1 aliphatic rings. The zero-order valence-electron chi connectivity index (χ0n) is 15.8. The molecule has 0 bridgehead atoms. The van der Waals surface area contributed by atoms with Crippen molar-refractivity contribution in [3.8, 4) is 0 Å². The molecule has 0 aliphatic carbocycles. The van der Waals surface area contributed by atoms with Crippen molar-refractivity contribution < 1.29 is 27.3 Å². The van der Waals surface area contributed by atoms with E-state index in [0.717, 1.165) is 18.3 Å². The van der Waals surface area contributed by atoms with Crippen LogP contribution in [-0.4, -0.2) is 34.2 Å². The topological polar surface area (TPSA) is 73.3 Å². The normalized spacial score (nSPS) is 18.2. The number of hydrogen-bond donors (Lipinski definition) is 1. The first-order chi connectivity index (χ1) is 12.9. The van der Waals surface area contributed by atoms with Crippen LogP contribution in [0.1, 0.15) is 43.7 Å². The highest BCUT2D eigenvalue weighted by atomic mass is 19.4. The average molecular weight is 393 g/mol. The maximum atomic E-state index is 12.8. The lowest BCUT2D eigenvalue weighted by Gasteiger charge is -2.32. The van der Waals surface area contributed by atoms with Gasteiger partial charge in [-0.15, -0.1) is 0 Å². The number of carbonyl (C=O) groups is 1. The van der Waals surface area contributed by atoms with Gasteiger partial charge in [0.15, 0.2) is 0 Å². The summed E-state index contributed by atoms with van der Waals surface area (Å²) in [6.07, 6.45) is -2.10. The third-order valence-electron chi connectivity index (χ3n) is 4.87. The second kappa shape index (κ2) is 6.86.